The Kier molecular flexibility index (Phi) is 11.5. The topological polar surface area (TPSA) is 108 Å². The van der Waals surface area contributed by atoms with E-state index in [1.807, 2.05) is 54.6 Å². The molecule has 45 heavy (non-hydrogen) atoms. The second-order valence-electron chi connectivity index (χ2n) is 11.4. The number of aliphatic hydroxyl groups excluding tert-OH is 1. The Labute approximate surface area is 264 Å². The summed E-state index contributed by atoms with van der Waals surface area (Å²) in [6.45, 7) is 2.18. The number of ether oxygens (including phenoxy) is 2. The number of nitrogens with zero attached hydrogens (tertiary/aromatic N) is 1. The smallest absolute Gasteiger partial charge is 0.303 e. The van der Waals surface area contributed by atoms with Gasteiger partial charge in [0.2, 0.25) is 5.91 Å². The molecule has 3 atom stereocenters. The lowest BCUT2D eigenvalue weighted by molar-refractivity contribution is -0.253. The summed E-state index contributed by atoms with van der Waals surface area (Å²) < 4.78 is 13.2. The molecule has 5 rings (SSSR count). The average Bonchev–Trinajstić information content (AvgIpc) is 3.05. The maximum Gasteiger partial charge on any atom is 0.303 e. The Morgan fingerprint density at radius 1 is 0.756 bits per heavy atom. The van der Waals surface area contributed by atoms with Crippen molar-refractivity contribution >= 4 is 17.6 Å². The van der Waals surface area contributed by atoms with Crippen molar-refractivity contribution in [3.8, 4) is 0 Å². The summed E-state index contributed by atoms with van der Waals surface area (Å²) >= 11 is 0. The molecular formula is C37H40N2O6. The molecule has 4 aromatic carbocycles. The fourth-order valence-corrected chi connectivity index (χ4v) is 5.58. The molecule has 0 unspecified atom stereocenters. The first-order valence-electron chi connectivity index (χ1n) is 15.4. The van der Waals surface area contributed by atoms with Crippen LogP contribution in [-0.4, -0.2) is 39.6 Å². The van der Waals surface area contributed by atoms with Crippen molar-refractivity contribution in [2.75, 3.05) is 11.9 Å². The number of carboxylic acid groups (broad SMARTS) is 1. The van der Waals surface area contributed by atoms with Crippen LogP contribution in [-0.2, 0) is 38.8 Å². The number of rotatable bonds is 14. The van der Waals surface area contributed by atoms with E-state index in [1.54, 1.807) is 6.07 Å². The largest absolute Gasteiger partial charge is 0.481 e. The van der Waals surface area contributed by atoms with Crippen LogP contribution in [0.4, 0.5) is 5.69 Å². The molecule has 234 valence electrons. The van der Waals surface area contributed by atoms with E-state index in [1.165, 1.54) is 11.1 Å². The molecule has 4 aromatic rings. The number of aliphatic hydroxyl groups is 1. The number of hydrogen-bond acceptors (Lipinski definition) is 6. The van der Waals surface area contributed by atoms with E-state index >= 15 is 0 Å². The number of aliphatic carboxylic acids is 1. The van der Waals surface area contributed by atoms with Gasteiger partial charge < -0.3 is 25.0 Å². The highest BCUT2D eigenvalue weighted by Crippen LogP contribution is 2.39. The van der Waals surface area contributed by atoms with Gasteiger partial charge in [0.25, 0.3) is 0 Å². The number of nitrogens with one attached hydrogen (secondary N) is 1. The first-order chi connectivity index (χ1) is 21.9. The summed E-state index contributed by atoms with van der Waals surface area (Å²) in [5.41, 5.74) is 5.66. The molecule has 1 fully saturated rings. The number of carbonyl (C=O) groups is 2. The molecular weight excluding hydrogens is 568 g/mol. The fourth-order valence-electron chi connectivity index (χ4n) is 5.58. The second kappa shape index (κ2) is 16.1. The predicted molar refractivity (Wildman–Crippen MR) is 172 cm³/mol. The van der Waals surface area contributed by atoms with Gasteiger partial charge in [-0.05, 0) is 40.8 Å². The first kappa shape index (κ1) is 32.1. The van der Waals surface area contributed by atoms with Gasteiger partial charge in [0, 0.05) is 50.1 Å². The maximum absolute atomic E-state index is 12.5. The van der Waals surface area contributed by atoms with Crippen LogP contribution in [0.2, 0.25) is 0 Å². The molecule has 0 radical (unpaired) electrons. The molecule has 1 aliphatic rings. The van der Waals surface area contributed by atoms with Gasteiger partial charge >= 0.3 is 5.97 Å². The van der Waals surface area contributed by atoms with E-state index in [2.05, 4.69) is 58.7 Å². The van der Waals surface area contributed by atoms with Crippen molar-refractivity contribution in [1.29, 1.82) is 0 Å². The summed E-state index contributed by atoms with van der Waals surface area (Å²) in [7, 11) is 0. The zero-order chi connectivity index (χ0) is 31.4. The van der Waals surface area contributed by atoms with Gasteiger partial charge in [0.1, 0.15) is 0 Å². The molecule has 3 N–H and O–H groups in total. The first-order valence-corrected chi connectivity index (χ1v) is 15.4. The molecule has 0 bridgehead atoms. The molecule has 8 nitrogen and oxygen atoms in total. The third-order valence-electron chi connectivity index (χ3n) is 7.81. The molecule has 0 spiro atoms. The summed E-state index contributed by atoms with van der Waals surface area (Å²) in [5, 5.41) is 21.3. The number of hydrogen-bond donors (Lipinski definition) is 3. The molecule has 1 aliphatic heterocycles. The number of carboxylic acids is 1. The second-order valence-corrected chi connectivity index (χ2v) is 11.4. The van der Waals surface area contributed by atoms with E-state index in [4.69, 9.17) is 14.6 Å². The minimum atomic E-state index is -0.919. The molecule has 0 aliphatic carbocycles. The monoisotopic (exact) mass is 608 g/mol. The van der Waals surface area contributed by atoms with Gasteiger partial charge in [-0.1, -0.05) is 97.1 Å². The summed E-state index contributed by atoms with van der Waals surface area (Å²) in [5.74, 6) is -1.16. The number of carbonyl (C=O) groups excluding carboxylic acids is 1. The molecule has 1 heterocycles. The zero-order valence-electron chi connectivity index (χ0n) is 25.3. The van der Waals surface area contributed by atoms with Crippen LogP contribution < -0.4 is 5.32 Å². The summed E-state index contributed by atoms with van der Waals surface area (Å²) in [6.07, 6.45) is -0.0831. The third kappa shape index (κ3) is 9.83. The number of anilines is 1. The predicted octanol–water partition coefficient (Wildman–Crippen LogP) is 6.62. The summed E-state index contributed by atoms with van der Waals surface area (Å²) in [4.78, 5) is 25.7. The average molecular weight is 609 g/mol. The van der Waals surface area contributed by atoms with Gasteiger partial charge in [-0.15, -0.1) is 0 Å². The van der Waals surface area contributed by atoms with Crippen molar-refractivity contribution in [3.63, 3.8) is 0 Å². The van der Waals surface area contributed by atoms with E-state index in [9.17, 15) is 14.7 Å². The molecule has 1 amide bonds. The number of amides is 1. The Balaban J connectivity index is 1.36. The van der Waals surface area contributed by atoms with Crippen molar-refractivity contribution in [2.45, 2.75) is 63.9 Å². The van der Waals surface area contributed by atoms with Crippen molar-refractivity contribution in [1.82, 2.24) is 4.90 Å². The Bertz CT molecular complexity index is 1470. The maximum atomic E-state index is 12.5. The molecule has 0 saturated carbocycles. The standard InChI is InChI=1S/C37H40N2O6/c40-26-29-17-19-30(20-18-29)34-22-33(25-39(23-27-9-3-1-4-10-27)24-28-11-5-2-6-12-28)44-37(45-34)31-13-7-14-32(21-31)38-35(41)15-8-16-36(42)43/h1-7,9-14,17-21,33-34,37,40H,8,15-16,22-26H2,(H,38,41)(H,42,43)/t33-,34+,37+/m0/s1. The molecule has 0 aromatic heterocycles. The highest BCUT2D eigenvalue weighted by molar-refractivity contribution is 5.90. The third-order valence-corrected chi connectivity index (χ3v) is 7.81. The lowest BCUT2D eigenvalue weighted by atomic mass is 9.99. The van der Waals surface area contributed by atoms with Gasteiger partial charge in [-0.2, -0.15) is 0 Å². The van der Waals surface area contributed by atoms with E-state index in [0.29, 0.717) is 18.7 Å². The minimum absolute atomic E-state index is 0.0249. The van der Waals surface area contributed by atoms with Crippen LogP contribution in [0.5, 0.6) is 0 Å². The molecule has 8 heteroatoms. The van der Waals surface area contributed by atoms with Crippen LogP contribution in [0.3, 0.4) is 0 Å². The number of benzene rings is 4. The lowest BCUT2D eigenvalue weighted by Crippen LogP contribution is -2.39. The Morgan fingerprint density at radius 3 is 2.04 bits per heavy atom. The fraction of sp³-hybridized carbons (Fsp3) is 0.297. The minimum Gasteiger partial charge on any atom is -0.481 e. The van der Waals surface area contributed by atoms with Gasteiger partial charge in [-0.25, -0.2) is 0 Å². The van der Waals surface area contributed by atoms with E-state index < -0.39 is 12.3 Å². The zero-order valence-corrected chi connectivity index (χ0v) is 25.3. The Morgan fingerprint density at radius 2 is 1.42 bits per heavy atom. The van der Waals surface area contributed by atoms with Crippen LogP contribution in [0.15, 0.2) is 109 Å². The van der Waals surface area contributed by atoms with Gasteiger partial charge in [0.05, 0.1) is 18.8 Å². The normalized spacial score (nSPS) is 18.0. The van der Waals surface area contributed by atoms with Crippen molar-refractivity contribution in [3.05, 3.63) is 137 Å². The Hall–Kier alpha value is -4.34. The van der Waals surface area contributed by atoms with Crippen LogP contribution in [0, 0.1) is 0 Å². The van der Waals surface area contributed by atoms with Crippen LogP contribution in [0.1, 0.15) is 65.9 Å². The van der Waals surface area contributed by atoms with Gasteiger partial charge in [-0.3, -0.25) is 14.5 Å². The summed E-state index contributed by atoms with van der Waals surface area (Å²) in [6, 6.07) is 36.1. The van der Waals surface area contributed by atoms with Crippen LogP contribution in [0.25, 0.3) is 0 Å². The van der Waals surface area contributed by atoms with Crippen molar-refractivity contribution in [2.24, 2.45) is 0 Å². The lowest BCUT2D eigenvalue weighted by Gasteiger charge is -2.38. The highest BCUT2D eigenvalue weighted by atomic mass is 16.7. The van der Waals surface area contributed by atoms with Crippen molar-refractivity contribution < 1.29 is 29.3 Å². The highest BCUT2D eigenvalue weighted by Gasteiger charge is 2.33. The molecule has 1 saturated heterocycles. The van der Waals surface area contributed by atoms with Crippen LogP contribution >= 0.6 is 0 Å². The quantitative estimate of drug-likeness (QED) is 0.148. The van der Waals surface area contributed by atoms with E-state index in [-0.39, 0.29) is 44.0 Å². The SMILES string of the molecule is O=C(O)CCCC(=O)Nc1cccc([C@@H]2O[C@H](CN(Cc3ccccc3)Cc3ccccc3)C[C@H](c3ccc(CO)cc3)O2)c1. The van der Waals surface area contributed by atoms with Gasteiger partial charge in [0.15, 0.2) is 6.29 Å². The van der Waals surface area contributed by atoms with E-state index in [0.717, 1.165) is 29.8 Å².